The molecule has 0 atom stereocenters. The van der Waals surface area contributed by atoms with Crippen molar-refractivity contribution < 1.29 is 0 Å². The first-order chi connectivity index (χ1) is 8.27. The molecule has 84 valence electrons. The Morgan fingerprint density at radius 2 is 1.71 bits per heavy atom. The van der Waals surface area contributed by atoms with E-state index in [1.807, 2.05) is 28.9 Å². The fourth-order valence-corrected chi connectivity index (χ4v) is 2.13. The van der Waals surface area contributed by atoms with Crippen LogP contribution in [0.4, 0.5) is 0 Å². The van der Waals surface area contributed by atoms with Gasteiger partial charge in [0.25, 0.3) is 0 Å². The SMILES string of the molecule is Cc1ccccc1-c1nnn2cccc(C)c12. The quantitative estimate of drug-likeness (QED) is 0.634. The van der Waals surface area contributed by atoms with E-state index in [9.17, 15) is 0 Å². The van der Waals surface area contributed by atoms with E-state index in [1.54, 1.807) is 0 Å². The molecule has 0 aliphatic heterocycles. The maximum Gasteiger partial charge on any atom is 0.121 e. The van der Waals surface area contributed by atoms with Crippen LogP contribution in [0, 0.1) is 13.8 Å². The van der Waals surface area contributed by atoms with Crippen LogP contribution in [-0.2, 0) is 0 Å². The summed E-state index contributed by atoms with van der Waals surface area (Å²) in [5, 5.41) is 8.46. The Bertz CT molecular complexity index is 683. The van der Waals surface area contributed by atoms with Gasteiger partial charge in [0.15, 0.2) is 0 Å². The minimum atomic E-state index is 0.959. The number of nitrogens with zero attached hydrogens (tertiary/aromatic N) is 3. The lowest BCUT2D eigenvalue weighted by atomic mass is 10.0. The number of pyridine rings is 1. The molecule has 0 amide bonds. The first-order valence-corrected chi connectivity index (χ1v) is 5.64. The number of hydrogen-bond acceptors (Lipinski definition) is 2. The second-order valence-corrected chi connectivity index (χ2v) is 4.24. The normalized spacial score (nSPS) is 10.9. The van der Waals surface area contributed by atoms with Gasteiger partial charge in [0.2, 0.25) is 0 Å². The zero-order valence-electron chi connectivity index (χ0n) is 9.88. The standard InChI is InChI=1S/C14H13N3/c1-10-6-3-4-8-12(10)13-14-11(2)7-5-9-17(14)16-15-13/h3-9H,1-2H3. The Morgan fingerprint density at radius 1 is 0.941 bits per heavy atom. The van der Waals surface area contributed by atoms with Crippen LogP contribution in [0.5, 0.6) is 0 Å². The van der Waals surface area contributed by atoms with Crippen LogP contribution in [0.2, 0.25) is 0 Å². The van der Waals surface area contributed by atoms with E-state index in [1.165, 1.54) is 11.1 Å². The fourth-order valence-electron chi connectivity index (χ4n) is 2.13. The molecule has 3 rings (SSSR count). The number of hydrogen-bond donors (Lipinski definition) is 0. The fraction of sp³-hybridized carbons (Fsp3) is 0.143. The average molecular weight is 223 g/mol. The van der Waals surface area contributed by atoms with E-state index in [-0.39, 0.29) is 0 Å². The van der Waals surface area contributed by atoms with E-state index in [0.717, 1.165) is 16.8 Å². The molecule has 17 heavy (non-hydrogen) atoms. The highest BCUT2D eigenvalue weighted by molar-refractivity contribution is 5.80. The second kappa shape index (κ2) is 3.70. The first-order valence-electron chi connectivity index (χ1n) is 5.64. The van der Waals surface area contributed by atoms with Crippen LogP contribution >= 0.6 is 0 Å². The zero-order chi connectivity index (χ0) is 11.8. The summed E-state index contributed by atoms with van der Waals surface area (Å²) in [5.41, 5.74) is 5.61. The molecule has 0 N–H and O–H groups in total. The highest BCUT2D eigenvalue weighted by Crippen LogP contribution is 2.26. The number of rotatable bonds is 1. The lowest BCUT2D eigenvalue weighted by Crippen LogP contribution is -1.89. The van der Waals surface area contributed by atoms with Gasteiger partial charge < -0.3 is 0 Å². The molecule has 0 saturated heterocycles. The summed E-state index contributed by atoms with van der Waals surface area (Å²) in [4.78, 5) is 0. The summed E-state index contributed by atoms with van der Waals surface area (Å²) in [7, 11) is 0. The third-order valence-electron chi connectivity index (χ3n) is 3.04. The molecule has 0 saturated carbocycles. The Kier molecular flexibility index (Phi) is 2.18. The highest BCUT2D eigenvalue weighted by atomic mass is 15.4. The predicted molar refractivity (Wildman–Crippen MR) is 67.9 cm³/mol. The van der Waals surface area contributed by atoms with Crippen LogP contribution in [-0.4, -0.2) is 14.8 Å². The number of fused-ring (bicyclic) bond motifs is 1. The Balaban J connectivity index is 2.36. The monoisotopic (exact) mass is 223 g/mol. The minimum absolute atomic E-state index is 0.959. The molecule has 3 aromatic rings. The Hall–Kier alpha value is -2.16. The van der Waals surface area contributed by atoms with E-state index in [0.29, 0.717) is 0 Å². The lowest BCUT2D eigenvalue weighted by Gasteiger charge is -2.03. The Labute approximate surface area is 99.7 Å². The smallest absolute Gasteiger partial charge is 0.121 e. The minimum Gasteiger partial charge on any atom is -0.220 e. The molecule has 2 aromatic heterocycles. The Morgan fingerprint density at radius 3 is 2.53 bits per heavy atom. The van der Waals surface area contributed by atoms with Crippen molar-refractivity contribution in [2.45, 2.75) is 13.8 Å². The summed E-state index contributed by atoms with van der Waals surface area (Å²) in [5.74, 6) is 0. The number of benzene rings is 1. The molecule has 0 spiro atoms. The molecule has 0 radical (unpaired) electrons. The predicted octanol–water partition coefficient (Wildman–Crippen LogP) is 3.01. The summed E-state index contributed by atoms with van der Waals surface area (Å²) in [6.45, 7) is 4.18. The summed E-state index contributed by atoms with van der Waals surface area (Å²) in [6.07, 6.45) is 1.93. The molecular formula is C14H13N3. The van der Waals surface area contributed by atoms with Gasteiger partial charge in [-0.05, 0) is 31.0 Å². The largest absolute Gasteiger partial charge is 0.220 e. The van der Waals surface area contributed by atoms with Crippen LogP contribution in [0.25, 0.3) is 16.8 Å². The van der Waals surface area contributed by atoms with Gasteiger partial charge in [-0.15, -0.1) is 5.10 Å². The molecule has 0 bridgehead atoms. The summed E-state index contributed by atoms with van der Waals surface area (Å²) in [6, 6.07) is 12.3. The summed E-state index contributed by atoms with van der Waals surface area (Å²) < 4.78 is 1.83. The van der Waals surface area contributed by atoms with Crippen molar-refractivity contribution in [2.24, 2.45) is 0 Å². The first kappa shape index (κ1) is 10.0. The summed E-state index contributed by atoms with van der Waals surface area (Å²) >= 11 is 0. The third kappa shape index (κ3) is 1.51. The van der Waals surface area contributed by atoms with Gasteiger partial charge in [0.05, 0.1) is 5.52 Å². The van der Waals surface area contributed by atoms with Crippen LogP contribution in [0.3, 0.4) is 0 Å². The topological polar surface area (TPSA) is 30.2 Å². The maximum atomic E-state index is 4.30. The van der Waals surface area contributed by atoms with Crippen molar-refractivity contribution in [3.63, 3.8) is 0 Å². The molecule has 3 heteroatoms. The molecule has 0 aliphatic carbocycles. The van der Waals surface area contributed by atoms with Crippen molar-refractivity contribution in [1.82, 2.24) is 14.8 Å². The van der Waals surface area contributed by atoms with Gasteiger partial charge >= 0.3 is 0 Å². The number of aromatic nitrogens is 3. The molecule has 3 nitrogen and oxygen atoms in total. The van der Waals surface area contributed by atoms with Crippen LogP contribution in [0.15, 0.2) is 42.6 Å². The van der Waals surface area contributed by atoms with Crippen molar-refractivity contribution in [3.05, 3.63) is 53.7 Å². The lowest BCUT2D eigenvalue weighted by molar-refractivity contribution is 0.855. The number of aryl methyl sites for hydroxylation is 2. The van der Waals surface area contributed by atoms with Crippen molar-refractivity contribution >= 4 is 5.52 Å². The van der Waals surface area contributed by atoms with E-state index < -0.39 is 0 Å². The van der Waals surface area contributed by atoms with Gasteiger partial charge in [-0.25, -0.2) is 4.52 Å². The van der Waals surface area contributed by atoms with E-state index in [4.69, 9.17) is 0 Å². The molecule has 0 aliphatic rings. The molecular weight excluding hydrogens is 210 g/mol. The molecule has 1 aromatic carbocycles. The van der Waals surface area contributed by atoms with Gasteiger partial charge in [-0.3, -0.25) is 0 Å². The van der Waals surface area contributed by atoms with Crippen LogP contribution in [0.1, 0.15) is 11.1 Å². The van der Waals surface area contributed by atoms with Gasteiger partial charge in [-0.1, -0.05) is 35.5 Å². The molecule has 0 fully saturated rings. The zero-order valence-corrected chi connectivity index (χ0v) is 9.88. The maximum absolute atomic E-state index is 4.30. The molecule has 2 heterocycles. The van der Waals surface area contributed by atoms with Crippen molar-refractivity contribution in [2.75, 3.05) is 0 Å². The van der Waals surface area contributed by atoms with E-state index >= 15 is 0 Å². The average Bonchev–Trinajstić information content (AvgIpc) is 2.75. The second-order valence-electron chi connectivity index (χ2n) is 4.24. The van der Waals surface area contributed by atoms with Crippen LogP contribution < -0.4 is 0 Å². The van der Waals surface area contributed by atoms with Gasteiger partial charge in [-0.2, -0.15) is 0 Å². The van der Waals surface area contributed by atoms with Crippen molar-refractivity contribution in [1.29, 1.82) is 0 Å². The molecule has 0 unspecified atom stereocenters. The van der Waals surface area contributed by atoms with Gasteiger partial charge in [0.1, 0.15) is 5.69 Å². The van der Waals surface area contributed by atoms with Crippen molar-refractivity contribution in [3.8, 4) is 11.3 Å². The third-order valence-corrected chi connectivity index (χ3v) is 3.04. The van der Waals surface area contributed by atoms with Gasteiger partial charge in [0, 0.05) is 11.8 Å². The van der Waals surface area contributed by atoms with E-state index in [2.05, 4.69) is 42.4 Å². The highest BCUT2D eigenvalue weighted by Gasteiger charge is 2.11.